The van der Waals surface area contributed by atoms with E-state index in [4.69, 9.17) is 4.74 Å². The molecule has 224 valence electrons. The Morgan fingerprint density at radius 3 is 2.24 bits per heavy atom. The molecule has 2 atom stereocenters. The van der Waals surface area contributed by atoms with Crippen LogP contribution in [0.5, 0.6) is 5.75 Å². The third kappa shape index (κ3) is 7.36. The highest BCUT2D eigenvalue weighted by Crippen LogP contribution is 2.51. The maximum atomic E-state index is 15.3. The van der Waals surface area contributed by atoms with Crippen LogP contribution in [0.4, 0.5) is 23.2 Å². The zero-order valence-corrected chi connectivity index (χ0v) is 23.3. The quantitative estimate of drug-likeness (QED) is 0.318. The first-order valence-electron chi connectivity index (χ1n) is 13.7. The second-order valence-corrected chi connectivity index (χ2v) is 11.1. The zero-order chi connectivity index (χ0) is 30.1. The van der Waals surface area contributed by atoms with Crippen molar-refractivity contribution in [3.63, 3.8) is 0 Å². The molecule has 41 heavy (non-hydrogen) atoms. The molecule has 2 fully saturated rings. The topological polar surface area (TPSA) is 114 Å². The number of amides is 3. The van der Waals surface area contributed by atoms with E-state index in [0.717, 1.165) is 31.7 Å². The van der Waals surface area contributed by atoms with E-state index < -0.39 is 48.2 Å². The van der Waals surface area contributed by atoms with Crippen LogP contribution in [-0.4, -0.2) is 53.4 Å². The summed E-state index contributed by atoms with van der Waals surface area (Å²) in [4.78, 5) is 39.3. The van der Waals surface area contributed by atoms with Crippen molar-refractivity contribution in [1.29, 1.82) is 0 Å². The SMILES string of the molecule is COc1cc(NC(=O)[C@@H](NC(=O)c2ccnn2C(C)C)C(C2CC2)C2CC2)c(F)cc1C(C)C(=O)NCC(F)(F)F. The Kier molecular flexibility index (Phi) is 8.93. The van der Waals surface area contributed by atoms with Gasteiger partial charge in [0.1, 0.15) is 29.8 Å². The molecular weight excluding hydrogens is 546 g/mol. The van der Waals surface area contributed by atoms with Gasteiger partial charge in [-0.05, 0) is 76.3 Å². The van der Waals surface area contributed by atoms with Gasteiger partial charge in [-0.1, -0.05) is 0 Å². The fourth-order valence-electron chi connectivity index (χ4n) is 5.22. The molecule has 1 aromatic heterocycles. The molecule has 2 aromatic rings. The minimum atomic E-state index is -4.60. The fourth-order valence-corrected chi connectivity index (χ4v) is 5.22. The monoisotopic (exact) mass is 581 g/mol. The first kappa shape index (κ1) is 30.3. The van der Waals surface area contributed by atoms with E-state index in [-0.39, 0.29) is 40.8 Å². The van der Waals surface area contributed by atoms with E-state index >= 15 is 4.39 Å². The number of ether oxygens (including phenoxy) is 1. The lowest BCUT2D eigenvalue weighted by atomic mass is 9.88. The summed E-state index contributed by atoms with van der Waals surface area (Å²) in [6.45, 7) is 3.56. The number of anilines is 1. The summed E-state index contributed by atoms with van der Waals surface area (Å²) in [7, 11) is 1.26. The molecule has 9 nitrogen and oxygen atoms in total. The number of hydrogen-bond donors (Lipinski definition) is 3. The second kappa shape index (κ2) is 12.1. The Hall–Kier alpha value is -3.64. The van der Waals surface area contributed by atoms with E-state index in [2.05, 4.69) is 15.7 Å². The second-order valence-electron chi connectivity index (χ2n) is 11.1. The first-order chi connectivity index (χ1) is 19.3. The Bertz CT molecular complexity index is 1270. The molecular formula is C28H35F4N5O4. The minimum absolute atomic E-state index is 0.0127. The van der Waals surface area contributed by atoms with Gasteiger partial charge in [0.25, 0.3) is 5.91 Å². The van der Waals surface area contributed by atoms with Gasteiger partial charge in [-0.2, -0.15) is 18.3 Å². The van der Waals surface area contributed by atoms with Crippen molar-refractivity contribution in [2.24, 2.45) is 17.8 Å². The molecule has 1 aromatic carbocycles. The van der Waals surface area contributed by atoms with Crippen LogP contribution in [0.1, 0.15) is 74.5 Å². The number of methoxy groups -OCH3 is 1. The number of carbonyl (C=O) groups is 3. The van der Waals surface area contributed by atoms with E-state index in [1.54, 1.807) is 16.1 Å². The number of carbonyl (C=O) groups excluding carboxylic acids is 3. The van der Waals surface area contributed by atoms with Crippen LogP contribution in [0.2, 0.25) is 0 Å². The van der Waals surface area contributed by atoms with Gasteiger partial charge < -0.3 is 20.7 Å². The van der Waals surface area contributed by atoms with Crippen LogP contribution in [-0.2, 0) is 9.59 Å². The summed E-state index contributed by atoms with van der Waals surface area (Å²) in [5.74, 6) is -3.65. The average molecular weight is 582 g/mol. The van der Waals surface area contributed by atoms with Crippen LogP contribution >= 0.6 is 0 Å². The fraction of sp³-hybridized carbons (Fsp3) is 0.571. The van der Waals surface area contributed by atoms with Gasteiger partial charge in [-0.25, -0.2) is 4.39 Å². The zero-order valence-electron chi connectivity index (χ0n) is 23.3. The summed E-state index contributed by atoms with van der Waals surface area (Å²) in [5.41, 5.74) is 0.0803. The number of nitrogens with zero attached hydrogens (tertiary/aromatic N) is 2. The van der Waals surface area contributed by atoms with Crippen LogP contribution in [0.15, 0.2) is 24.4 Å². The number of aromatic nitrogens is 2. The number of alkyl halides is 3. The third-order valence-electron chi connectivity index (χ3n) is 7.58. The van der Waals surface area contributed by atoms with Gasteiger partial charge in [0, 0.05) is 23.9 Å². The van der Waals surface area contributed by atoms with Crippen molar-refractivity contribution in [2.45, 2.75) is 70.6 Å². The Morgan fingerprint density at radius 2 is 1.71 bits per heavy atom. The number of nitrogens with one attached hydrogen (secondary N) is 3. The van der Waals surface area contributed by atoms with Crippen LogP contribution in [0.3, 0.4) is 0 Å². The molecule has 0 bridgehead atoms. The van der Waals surface area contributed by atoms with Crippen molar-refractivity contribution in [3.05, 3.63) is 41.5 Å². The van der Waals surface area contributed by atoms with Crippen molar-refractivity contribution < 1.29 is 36.7 Å². The molecule has 3 amide bonds. The highest BCUT2D eigenvalue weighted by atomic mass is 19.4. The molecule has 2 aliphatic rings. The molecule has 0 saturated heterocycles. The standard InChI is InChI=1S/C28H35F4N5O4/c1-14(2)37-21(9-10-34-37)26(39)36-24(23(16-5-6-16)17-7-8-17)27(40)35-20-12-22(41-4)18(11-19(20)29)15(3)25(38)33-13-28(30,31)32/h9-12,14-17,23-24H,5-8,13H2,1-4H3,(H,33,38)(H,35,40)(H,36,39)/t15?,24-/m0/s1. The Labute approximate surface area is 235 Å². The average Bonchev–Trinajstić information content (AvgIpc) is 3.86. The lowest BCUT2D eigenvalue weighted by Crippen LogP contribution is -2.50. The maximum Gasteiger partial charge on any atom is 0.405 e. The Balaban J connectivity index is 1.57. The van der Waals surface area contributed by atoms with Gasteiger partial charge in [0.2, 0.25) is 11.8 Å². The molecule has 0 aliphatic heterocycles. The molecule has 2 aliphatic carbocycles. The number of halogens is 4. The first-order valence-corrected chi connectivity index (χ1v) is 13.7. The summed E-state index contributed by atoms with van der Waals surface area (Å²) >= 11 is 0. The van der Waals surface area contributed by atoms with Crippen molar-refractivity contribution in [1.82, 2.24) is 20.4 Å². The lowest BCUT2D eigenvalue weighted by Gasteiger charge is -2.28. The Morgan fingerprint density at radius 1 is 1.07 bits per heavy atom. The van der Waals surface area contributed by atoms with E-state index in [0.29, 0.717) is 5.69 Å². The summed E-state index contributed by atoms with van der Waals surface area (Å²) in [6.07, 6.45) is 0.673. The molecule has 4 rings (SSSR count). The molecule has 0 radical (unpaired) electrons. The summed E-state index contributed by atoms with van der Waals surface area (Å²) < 4.78 is 59.7. The van der Waals surface area contributed by atoms with Crippen LogP contribution in [0.25, 0.3) is 0 Å². The third-order valence-corrected chi connectivity index (χ3v) is 7.58. The number of rotatable bonds is 12. The number of hydrogen-bond acceptors (Lipinski definition) is 5. The highest BCUT2D eigenvalue weighted by Gasteiger charge is 2.48. The molecule has 2 saturated carbocycles. The maximum absolute atomic E-state index is 15.3. The predicted molar refractivity (Wildman–Crippen MR) is 142 cm³/mol. The smallest absolute Gasteiger partial charge is 0.405 e. The summed E-state index contributed by atoms with van der Waals surface area (Å²) in [6, 6.07) is 2.70. The summed E-state index contributed by atoms with van der Waals surface area (Å²) in [5, 5.41) is 11.4. The van der Waals surface area contributed by atoms with Crippen LogP contribution < -0.4 is 20.7 Å². The molecule has 13 heteroatoms. The van der Waals surface area contributed by atoms with Crippen molar-refractivity contribution in [2.75, 3.05) is 19.0 Å². The lowest BCUT2D eigenvalue weighted by molar-refractivity contribution is -0.139. The number of benzene rings is 1. The van der Waals surface area contributed by atoms with Gasteiger partial charge in [0.15, 0.2) is 0 Å². The largest absolute Gasteiger partial charge is 0.496 e. The van der Waals surface area contributed by atoms with Gasteiger partial charge in [0.05, 0.1) is 18.7 Å². The molecule has 1 heterocycles. The molecule has 1 unspecified atom stereocenters. The van der Waals surface area contributed by atoms with Gasteiger partial charge in [-0.15, -0.1) is 0 Å². The normalized spacial score (nSPS) is 16.8. The van der Waals surface area contributed by atoms with E-state index in [9.17, 15) is 27.6 Å². The highest BCUT2D eigenvalue weighted by molar-refractivity contribution is 6.01. The van der Waals surface area contributed by atoms with Crippen molar-refractivity contribution >= 4 is 23.4 Å². The van der Waals surface area contributed by atoms with Gasteiger partial charge in [-0.3, -0.25) is 19.1 Å². The van der Waals surface area contributed by atoms with E-state index in [1.165, 1.54) is 26.3 Å². The van der Waals surface area contributed by atoms with Crippen molar-refractivity contribution in [3.8, 4) is 5.75 Å². The predicted octanol–water partition coefficient (Wildman–Crippen LogP) is 4.57. The molecule has 0 spiro atoms. The van der Waals surface area contributed by atoms with E-state index in [1.807, 2.05) is 13.8 Å². The van der Waals surface area contributed by atoms with Crippen LogP contribution in [0, 0.1) is 23.6 Å². The minimum Gasteiger partial charge on any atom is -0.496 e. The molecule has 3 N–H and O–H groups in total. The van der Waals surface area contributed by atoms with Gasteiger partial charge >= 0.3 is 6.18 Å².